The predicted molar refractivity (Wildman–Crippen MR) is 111 cm³/mol. The Labute approximate surface area is 166 Å². The maximum absolute atomic E-state index is 12.0. The van der Waals surface area contributed by atoms with Gasteiger partial charge >= 0.3 is 6.03 Å². The van der Waals surface area contributed by atoms with E-state index in [9.17, 15) is 9.59 Å². The second-order valence-electron chi connectivity index (χ2n) is 7.69. The van der Waals surface area contributed by atoms with Gasteiger partial charge in [-0.2, -0.15) is 0 Å². The monoisotopic (exact) mass is 383 g/mol. The molecule has 0 aliphatic rings. The van der Waals surface area contributed by atoms with Gasteiger partial charge in [-0.3, -0.25) is 4.79 Å². The van der Waals surface area contributed by atoms with Gasteiger partial charge in [-0.1, -0.05) is 45.0 Å². The van der Waals surface area contributed by atoms with Crippen molar-refractivity contribution in [1.82, 2.24) is 5.32 Å². The predicted octanol–water partition coefficient (Wildman–Crippen LogP) is 3.95. The highest BCUT2D eigenvalue weighted by atomic mass is 16.5. The standard InChI is InChI=1S/C22H29N3O3/c1-22(2,3)17-8-12-19(13-9-17)28-14-4-5-20(26)24-15-16-6-10-18(11-7-16)25-21(23)27/h6-13H,4-5,14-15H2,1-3H3,(H,24,26)(H3,23,25,27). The Balaban J connectivity index is 1.65. The Hall–Kier alpha value is -3.02. The third-order valence-electron chi connectivity index (χ3n) is 4.25. The molecule has 0 radical (unpaired) electrons. The number of nitrogens with one attached hydrogen (secondary N) is 2. The number of hydrogen-bond donors (Lipinski definition) is 3. The van der Waals surface area contributed by atoms with Crippen LogP contribution < -0.4 is 21.1 Å². The van der Waals surface area contributed by atoms with Crippen LogP contribution in [0.5, 0.6) is 5.75 Å². The summed E-state index contributed by atoms with van der Waals surface area (Å²) in [7, 11) is 0. The van der Waals surface area contributed by atoms with Gasteiger partial charge in [-0.15, -0.1) is 0 Å². The number of rotatable bonds is 8. The van der Waals surface area contributed by atoms with Crippen LogP contribution >= 0.6 is 0 Å². The Bertz CT molecular complexity index is 778. The number of carbonyl (C=O) groups is 2. The number of amides is 3. The molecule has 2 rings (SSSR count). The molecule has 2 aromatic carbocycles. The van der Waals surface area contributed by atoms with E-state index in [4.69, 9.17) is 10.5 Å². The largest absolute Gasteiger partial charge is 0.494 e. The SMILES string of the molecule is CC(C)(C)c1ccc(OCCCC(=O)NCc2ccc(NC(N)=O)cc2)cc1. The molecule has 150 valence electrons. The van der Waals surface area contributed by atoms with Crippen LogP contribution in [-0.4, -0.2) is 18.5 Å². The molecular formula is C22H29N3O3. The zero-order valence-electron chi connectivity index (χ0n) is 16.7. The third kappa shape index (κ3) is 7.31. The molecule has 6 nitrogen and oxygen atoms in total. The molecule has 6 heteroatoms. The number of carbonyl (C=O) groups excluding carboxylic acids is 2. The third-order valence-corrected chi connectivity index (χ3v) is 4.25. The van der Waals surface area contributed by atoms with Gasteiger partial charge in [0, 0.05) is 18.7 Å². The second kappa shape index (κ2) is 9.78. The smallest absolute Gasteiger partial charge is 0.316 e. The molecule has 0 unspecified atom stereocenters. The van der Waals surface area contributed by atoms with Crippen LogP contribution in [0.25, 0.3) is 0 Å². The van der Waals surface area contributed by atoms with E-state index in [0.29, 0.717) is 31.7 Å². The van der Waals surface area contributed by atoms with Gasteiger partial charge in [0.05, 0.1) is 6.61 Å². The molecular weight excluding hydrogens is 354 g/mol. The summed E-state index contributed by atoms with van der Waals surface area (Å²) >= 11 is 0. The molecule has 0 aliphatic carbocycles. The van der Waals surface area contributed by atoms with Crippen LogP contribution in [0.3, 0.4) is 0 Å². The minimum Gasteiger partial charge on any atom is -0.494 e. The molecule has 2 aromatic rings. The van der Waals surface area contributed by atoms with E-state index in [1.54, 1.807) is 12.1 Å². The van der Waals surface area contributed by atoms with Crippen LogP contribution in [0.1, 0.15) is 44.7 Å². The van der Waals surface area contributed by atoms with Crippen molar-refractivity contribution in [2.45, 2.75) is 45.6 Å². The highest BCUT2D eigenvalue weighted by Gasteiger charge is 2.12. The maximum atomic E-state index is 12.0. The lowest BCUT2D eigenvalue weighted by Gasteiger charge is -2.19. The van der Waals surface area contributed by atoms with Gasteiger partial charge in [0.2, 0.25) is 5.91 Å². The molecule has 0 aliphatic heterocycles. The molecule has 0 saturated heterocycles. The lowest BCUT2D eigenvalue weighted by molar-refractivity contribution is -0.121. The molecule has 0 saturated carbocycles. The summed E-state index contributed by atoms with van der Waals surface area (Å²) in [6, 6.07) is 14.6. The molecule has 0 heterocycles. The van der Waals surface area contributed by atoms with Gasteiger partial charge in [-0.25, -0.2) is 4.79 Å². The average Bonchev–Trinajstić information content (AvgIpc) is 2.64. The molecule has 0 spiro atoms. The summed E-state index contributed by atoms with van der Waals surface area (Å²) in [5.74, 6) is 0.795. The Morgan fingerprint density at radius 2 is 1.64 bits per heavy atom. The summed E-state index contributed by atoms with van der Waals surface area (Å²) in [4.78, 5) is 22.7. The zero-order chi connectivity index (χ0) is 20.6. The first-order valence-corrected chi connectivity index (χ1v) is 9.39. The Morgan fingerprint density at radius 3 is 2.21 bits per heavy atom. The van der Waals surface area contributed by atoms with Crippen molar-refractivity contribution in [2.75, 3.05) is 11.9 Å². The van der Waals surface area contributed by atoms with Crippen molar-refractivity contribution in [3.8, 4) is 5.75 Å². The summed E-state index contributed by atoms with van der Waals surface area (Å²) < 4.78 is 5.71. The van der Waals surface area contributed by atoms with Gasteiger partial charge in [-0.05, 0) is 47.2 Å². The maximum Gasteiger partial charge on any atom is 0.316 e. The van der Waals surface area contributed by atoms with Gasteiger partial charge in [0.15, 0.2) is 0 Å². The van der Waals surface area contributed by atoms with Gasteiger partial charge in [0.25, 0.3) is 0 Å². The molecule has 4 N–H and O–H groups in total. The fraction of sp³-hybridized carbons (Fsp3) is 0.364. The normalized spacial score (nSPS) is 11.0. The van der Waals surface area contributed by atoms with E-state index in [2.05, 4.69) is 43.5 Å². The summed E-state index contributed by atoms with van der Waals surface area (Å²) in [6.07, 6.45) is 1.05. The van der Waals surface area contributed by atoms with E-state index in [1.807, 2.05) is 24.3 Å². The highest BCUT2D eigenvalue weighted by molar-refractivity contribution is 5.87. The number of urea groups is 1. The average molecular weight is 383 g/mol. The van der Waals surface area contributed by atoms with E-state index in [0.717, 1.165) is 11.3 Å². The zero-order valence-corrected chi connectivity index (χ0v) is 16.7. The quantitative estimate of drug-likeness (QED) is 0.603. The van der Waals surface area contributed by atoms with E-state index in [-0.39, 0.29) is 11.3 Å². The van der Waals surface area contributed by atoms with Crippen LogP contribution in [0.15, 0.2) is 48.5 Å². The van der Waals surface area contributed by atoms with E-state index < -0.39 is 6.03 Å². The van der Waals surface area contributed by atoms with Crippen molar-refractivity contribution in [1.29, 1.82) is 0 Å². The number of primary amides is 1. The van der Waals surface area contributed by atoms with E-state index >= 15 is 0 Å². The topological polar surface area (TPSA) is 93.4 Å². The lowest BCUT2D eigenvalue weighted by atomic mass is 9.87. The van der Waals surface area contributed by atoms with Crippen LogP contribution in [0.4, 0.5) is 10.5 Å². The number of benzene rings is 2. The number of ether oxygens (including phenoxy) is 1. The van der Waals surface area contributed by atoms with Crippen molar-refractivity contribution in [3.05, 3.63) is 59.7 Å². The van der Waals surface area contributed by atoms with E-state index in [1.165, 1.54) is 5.56 Å². The molecule has 0 aromatic heterocycles. The van der Waals surface area contributed by atoms with Crippen molar-refractivity contribution in [2.24, 2.45) is 5.73 Å². The molecule has 0 atom stereocenters. The lowest BCUT2D eigenvalue weighted by Crippen LogP contribution is -2.23. The summed E-state index contributed by atoms with van der Waals surface area (Å²) in [6.45, 7) is 7.45. The Kier molecular flexibility index (Phi) is 7.44. The number of nitrogens with two attached hydrogens (primary N) is 1. The molecule has 0 bridgehead atoms. The van der Waals surface area contributed by atoms with Gasteiger partial charge in [0.1, 0.15) is 5.75 Å². The first kappa shape index (κ1) is 21.3. The fourth-order valence-electron chi connectivity index (χ4n) is 2.61. The van der Waals surface area contributed by atoms with Crippen LogP contribution in [0, 0.1) is 0 Å². The summed E-state index contributed by atoms with van der Waals surface area (Å²) in [5.41, 5.74) is 8.01. The van der Waals surface area contributed by atoms with Crippen molar-refractivity contribution >= 4 is 17.6 Å². The minimum atomic E-state index is -0.603. The van der Waals surface area contributed by atoms with Crippen molar-refractivity contribution < 1.29 is 14.3 Å². The van der Waals surface area contributed by atoms with Crippen LogP contribution in [-0.2, 0) is 16.8 Å². The fourth-order valence-corrected chi connectivity index (χ4v) is 2.61. The van der Waals surface area contributed by atoms with Crippen molar-refractivity contribution in [3.63, 3.8) is 0 Å². The highest BCUT2D eigenvalue weighted by Crippen LogP contribution is 2.24. The number of anilines is 1. The summed E-state index contributed by atoms with van der Waals surface area (Å²) in [5, 5.41) is 5.37. The molecule has 0 fully saturated rings. The minimum absolute atomic E-state index is 0.0222. The first-order valence-electron chi connectivity index (χ1n) is 9.39. The molecule has 28 heavy (non-hydrogen) atoms. The second-order valence-corrected chi connectivity index (χ2v) is 7.69. The Morgan fingerprint density at radius 1 is 1.00 bits per heavy atom. The molecule has 3 amide bonds. The van der Waals surface area contributed by atoms with Crippen LogP contribution in [0.2, 0.25) is 0 Å². The first-order chi connectivity index (χ1) is 13.2. The van der Waals surface area contributed by atoms with Gasteiger partial charge < -0.3 is 21.1 Å². The number of hydrogen-bond acceptors (Lipinski definition) is 3.